The lowest BCUT2D eigenvalue weighted by molar-refractivity contribution is 0.876. The molecule has 1 nitrogen and oxygen atoms in total. The summed E-state index contributed by atoms with van der Waals surface area (Å²) < 4.78 is 2.61. The van der Waals surface area contributed by atoms with Crippen LogP contribution in [0.25, 0.3) is 53.3 Å². The van der Waals surface area contributed by atoms with Crippen molar-refractivity contribution in [1.29, 1.82) is 0 Å². The van der Waals surface area contributed by atoms with Gasteiger partial charge in [-0.1, -0.05) is 99.3 Å². The van der Waals surface area contributed by atoms with E-state index in [1.54, 1.807) is 0 Å². The number of hydrogen-bond acceptors (Lipinski definition) is 2. The lowest BCUT2D eigenvalue weighted by atomic mass is 9.92. The van der Waals surface area contributed by atoms with E-state index < -0.39 is 8.07 Å². The van der Waals surface area contributed by atoms with E-state index >= 15 is 0 Å². The first-order valence-corrected chi connectivity index (χ1v) is 17.1. The minimum Gasteiger partial charge on any atom is -0.256 e. The van der Waals surface area contributed by atoms with E-state index in [4.69, 9.17) is 4.98 Å². The molecule has 0 atom stereocenters. The minimum atomic E-state index is -1.30. The van der Waals surface area contributed by atoms with Crippen LogP contribution in [0.4, 0.5) is 0 Å². The van der Waals surface area contributed by atoms with Crippen LogP contribution in [-0.4, -0.2) is 13.1 Å². The summed E-state index contributed by atoms with van der Waals surface area (Å²) in [5.74, 6) is 0.447. The predicted octanol–water partition coefficient (Wildman–Crippen LogP) is 9.61. The maximum absolute atomic E-state index is 4.93. The molecule has 6 rings (SSSR count). The molecule has 3 heteroatoms. The molecule has 36 heavy (non-hydrogen) atoms. The third-order valence-corrected chi connectivity index (χ3v) is 10.4. The van der Waals surface area contributed by atoms with Crippen molar-refractivity contribution in [2.75, 3.05) is 0 Å². The molecule has 4 aromatic carbocycles. The summed E-state index contributed by atoms with van der Waals surface area (Å²) in [7, 11) is -1.30. The molecule has 0 bridgehead atoms. The first-order valence-electron chi connectivity index (χ1n) is 12.7. The molecule has 178 valence electrons. The fraction of sp³-hybridized carbons (Fsp3) is 0.182. The van der Waals surface area contributed by atoms with Gasteiger partial charge < -0.3 is 0 Å². The van der Waals surface area contributed by atoms with Crippen LogP contribution in [0.2, 0.25) is 19.6 Å². The molecule has 0 N–H and O–H groups in total. The summed E-state index contributed by atoms with van der Waals surface area (Å²) in [6.07, 6.45) is 1.97. The van der Waals surface area contributed by atoms with Gasteiger partial charge in [-0.3, -0.25) is 4.98 Å². The predicted molar refractivity (Wildman–Crippen MR) is 163 cm³/mol. The molecule has 0 unspecified atom stereocenters. The zero-order valence-corrected chi connectivity index (χ0v) is 23.4. The van der Waals surface area contributed by atoms with Gasteiger partial charge >= 0.3 is 0 Å². The lowest BCUT2D eigenvalue weighted by Crippen LogP contribution is -2.37. The van der Waals surface area contributed by atoms with E-state index in [0.29, 0.717) is 5.92 Å². The van der Waals surface area contributed by atoms with E-state index in [9.17, 15) is 0 Å². The summed E-state index contributed by atoms with van der Waals surface area (Å²) in [6.45, 7) is 11.7. The zero-order chi connectivity index (χ0) is 25.0. The monoisotopic (exact) mass is 501 g/mol. The maximum atomic E-state index is 4.93. The Kier molecular flexibility index (Phi) is 5.58. The molecule has 0 saturated heterocycles. The van der Waals surface area contributed by atoms with Gasteiger partial charge in [0.1, 0.15) is 0 Å². The molecule has 2 heterocycles. The topological polar surface area (TPSA) is 12.9 Å². The van der Waals surface area contributed by atoms with Gasteiger partial charge in [0.05, 0.1) is 13.8 Å². The van der Waals surface area contributed by atoms with Gasteiger partial charge in [-0.05, 0) is 57.6 Å². The number of hydrogen-bond donors (Lipinski definition) is 0. The van der Waals surface area contributed by atoms with Crippen LogP contribution >= 0.6 is 11.3 Å². The molecule has 2 aromatic heterocycles. The largest absolute Gasteiger partial charge is 0.256 e. The van der Waals surface area contributed by atoms with Crippen molar-refractivity contribution >= 4 is 55.5 Å². The van der Waals surface area contributed by atoms with E-state index in [0.717, 1.165) is 5.69 Å². The quantitative estimate of drug-likeness (QED) is 0.219. The Labute approximate surface area is 218 Å². The average molecular weight is 502 g/mol. The zero-order valence-electron chi connectivity index (χ0n) is 21.6. The molecule has 0 amide bonds. The van der Waals surface area contributed by atoms with Crippen molar-refractivity contribution in [3.63, 3.8) is 0 Å². The number of benzene rings is 4. The third kappa shape index (κ3) is 3.97. The smallest absolute Gasteiger partial charge is 0.0795 e. The van der Waals surface area contributed by atoms with Crippen LogP contribution in [-0.2, 0) is 0 Å². The van der Waals surface area contributed by atoms with Crippen LogP contribution in [0.15, 0.2) is 91.1 Å². The van der Waals surface area contributed by atoms with Crippen molar-refractivity contribution in [2.24, 2.45) is 0 Å². The van der Waals surface area contributed by atoms with Crippen LogP contribution < -0.4 is 5.19 Å². The van der Waals surface area contributed by atoms with E-state index in [-0.39, 0.29) is 0 Å². The molecule has 6 aromatic rings. The van der Waals surface area contributed by atoms with Crippen molar-refractivity contribution in [2.45, 2.75) is 39.4 Å². The van der Waals surface area contributed by atoms with Crippen molar-refractivity contribution in [3.05, 3.63) is 96.7 Å². The third-order valence-electron chi connectivity index (χ3n) is 7.26. The van der Waals surface area contributed by atoms with Crippen molar-refractivity contribution < 1.29 is 0 Å². The van der Waals surface area contributed by atoms with Gasteiger partial charge in [-0.15, -0.1) is 11.3 Å². The van der Waals surface area contributed by atoms with Gasteiger partial charge in [0, 0.05) is 31.9 Å². The number of aromatic nitrogens is 1. The lowest BCUT2D eigenvalue weighted by Gasteiger charge is -2.16. The highest BCUT2D eigenvalue weighted by Crippen LogP contribution is 2.41. The maximum Gasteiger partial charge on any atom is 0.0795 e. The standard InChI is InChI=1S/C33H31NSSi/c1-21(2)29-19-25(18-24-8-6-7-9-27(24)29)33-32-28-15-12-23(20-31(28)35-30(32)16-17-34-33)22-10-13-26(14-11-22)36(3,4)5/h6-21H,1-5H3. The Morgan fingerprint density at radius 1 is 0.694 bits per heavy atom. The first kappa shape index (κ1) is 23.1. The fourth-order valence-electron chi connectivity index (χ4n) is 5.24. The van der Waals surface area contributed by atoms with E-state index in [1.165, 1.54) is 58.4 Å². The SMILES string of the molecule is CC(C)c1cc(-c2nccc3sc4cc(-c5ccc([Si](C)(C)C)cc5)ccc4c23)cc2ccccc12. The van der Waals surface area contributed by atoms with Gasteiger partial charge in [0.2, 0.25) is 0 Å². The summed E-state index contributed by atoms with van der Waals surface area (Å²) in [6, 6.07) is 31.7. The van der Waals surface area contributed by atoms with E-state index in [1.807, 2.05) is 17.5 Å². The Morgan fingerprint density at radius 3 is 2.19 bits per heavy atom. The number of nitrogens with zero attached hydrogens (tertiary/aromatic N) is 1. The molecule has 0 radical (unpaired) electrons. The molecule has 0 spiro atoms. The van der Waals surface area contributed by atoms with Crippen molar-refractivity contribution in [1.82, 2.24) is 4.98 Å². The molecule has 0 saturated carbocycles. The summed E-state index contributed by atoms with van der Waals surface area (Å²) >= 11 is 1.87. The number of fused-ring (bicyclic) bond motifs is 4. The van der Waals surface area contributed by atoms with Crippen molar-refractivity contribution in [3.8, 4) is 22.4 Å². The molecule has 0 aliphatic carbocycles. The molecule has 0 aliphatic heterocycles. The molecular weight excluding hydrogens is 471 g/mol. The Morgan fingerprint density at radius 2 is 1.44 bits per heavy atom. The fourth-order valence-corrected chi connectivity index (χ4v) is 7.54. The average Bonchev–Trinajstić information content (AvgIpc) is 3.25. The van der Waals surface area contributed by atoms with Crippen LogP contribution in [0.5, 0.6) is 0 Å². The van der Waals surface area contributed by atoms with Gasteiger partial charge in [0.15, 0.2) is 0 Å². The summed E-state index contributed by atoms with van der Waals surface area (Å²) in [4.78, 5) is 4.93. The first-order chi connectivity index (χ1) is 17.3. The summed E-state index contributed by atoms with van der Waals surface area (Å²) in [5.41, 5.74) is 6.22. The second kappa shape index (κ2) is 8.69. The van der Waals surface area contributed by atoms with Gasteiger partial charge in [-0.25, -0.2) is 0 Å². The normalized spacial score (nSPS) is 12.3. The number of thiophene rings is 1. The molecule has 0 aliphatic rings. The Bertz CT molecular complexity index is 1740. The van der Waals surface area contributed by atoms with E-state index in [2.05, 4.69) is 118 Å². The Hall–Kier alpha value is -3.27. The van der Waals surface area contributed by atoms with Crippen LogP contribution in [0, 0.1) is 0 Å². The number of rotatable bonds is 4. The molecule has 0 fully saturated rings. The second-order valence-corrected chi connectivity index (χ2v) is 17.3. The van der Waals surface area contributed by atoms with Gasteiger partial charge in [0.25, 0.3) is 0 Å². The van der Waals surface area contributed by atoms with Crippen LogP contribution in [0.3, 0.4) is 0 Å². The van der Waals surface area contributed by atoms with Crippen LogP contribution in [0.1, 0.15) is 25.3 Å². The second-order valence-electron chi connectivity index (χ2n) is 11.1. The summed E-state index contributed by atoms with van der Waals surface area (Å²) in [5, 5.41) is 6.67. The highest BCUT2D eigenvalue weighted by atomic mass is 32.1. The minimum absolute atomic E-state index is 0.447. The number of pyridine rings is 1. The van der Waals surface area contributed by atoms with Gasteiger partial charge in [-0.2, -0.15) is 0 Å². The highest BCUT2D eigenvalue weighted by Gasteiger charge is 2.17. The molecular formula is C33H31NSSi. The Balaban J connectivity index is 1.51. The highest BCUT2D eigenvalue weighted by molar-refractivity contribution is 7.26.